The fourth-order valence-electron chi connectivity index (χ4n) is 5.59. The number of ether oxygens (including phenoxy) is 7. The van der Waals surface area contributed by atoms with Crippen molar-refractivity contribution in [2.75, 3.05) is 40.1 Å². The van der Waals surface area contributed by atoms with Crippen LogP contribution in [0.2, 0.25) is 0 Å². The molecule has 0 aromatic rings. The van der Waals surface area contributed by atoms with Gasteiger partial charge in [0.1, 0.15) is 12.2 Å². The van der Waals surface area contributed by atoms with Crippen LogP contribution in [0.4, 0.5) is 0 Å². The Balaban J connectivity index is 1.07. The largest absolute Gasteiger partial charge is 0.384 e. The Kier molecular flexibility index (Phi) is 6.42. The normalized spacial score (nSPS) is 47.1. The maximum absolute atomic E-state index is 6.34. The summed E-state index contributed by atoms with van der Waals surface area (Å²) in [5.74, 6) is 1.00. The summed E-state index contributed by atoms with van der Waals surface area (Å²) in [6, 6.07) is 0. The van der Waals surface area contributed by atoms with Crippen LogP contribution in [0, 0.1) is 17.3 Å². The summed E-state index contributed by atoms with van der Waals surface area (Å²) in [4.78, 5) is 0. The summed E-state index contributed by atoms with van der Waals surface area (Å²) in [5.41, 5.74) is -0.211. The van der Waals surface area contributed by atoms with Crippen molar-refractivity contribution in [1.29, 1.82) is 0 Å². The van der Waals surface area contributed by atoms with E-state index in [1.54, 1.807) is 7.11 Å². The van der Waals surface area contributed by atoms with Gasteiger partial charge in [-0.2, -0.15) is 0 Å². The molecule has 7 heteroatoms. The van der Waals surface area contributed by atoms with E-state index < -0.39 is 0 Å². The first-order valence-corrected chi connectivity index (χ1v) is 11.8. The topological polar surface area (TPSA) is 71.2 Å². The van der Waals surface area contributed by atoms with Crippen LogP contribution < -0.4 is 0 Å². The third-order valence-corrected chi connectivity index (χ3v) is 7.63. The van der Waals surface area contributed by atoms with Crippen molar-refractivity contribution in [3.63, 3.8) is 0 Å². The maximum atomic E-state index is 6.34. The molecule has 4 aliphatic heterocycles. The predicted octanol–water partition coefficient (Wildman–Crippen LogP) is 2.55. The highest BCUT2D eigenvalue weighted by Crippen LogP contribution is 2.44. The molecule has 0 aromatic carbocycles. The molecule has 0 N–H and O–H groups in total. The minimum Gasteiger partial charge on any atom is -0.384 e. The Bertz CT molecular complexity index is 588. The fourth-order valence-corrected chi connectivity index (χ4v) is 5.59. The fraction of sp³-hybridized carbons (Fsp3) is 1.00. The van der Waals surface area contributed by atoms with Gasteiger partial charge in [0.05, 0.1) is 50.8 Å². The molecule has 5 aliphatic rings. The summed E-state index contributed by atoms with van der Waals surface area (Å²) in [6.45, 7) is 7.60. The van der Waals surface area contributed by atoms with E-state index in [4.69, 9.17) is 33.2 Å². The van der Waals surface area contributed by atoms with Crippen molar-refractivity contribution in [2.45, 2.75) is 88.9 Å². The number of rotatable bonds is 10. The van der Waals surface area contributed by atoms with Crippen LogP contribution >= 0.6 is 0 Å². The second-order valence-corrected chi connectivity index (χ2v) is 10.3. The van der Waals surface area contributed by atoms with E-state index in [1.807, 2.05) is 0 Å². The van der Waals surface area contributed by atoms with E-state index in [-0.39, 0.29) is 36.1 Å². The molecule has 4 heterocycles. The number of epoxide rings is 2. The molecule has 172 valence electrons. The molecule has 5 rings (SSSR count). The van der Waals surface area contributed by atoms with Gasteiger partial charge in [-0.25, -0.2) is 0 Å². The Morgan fingerprint density at radius 2 is 1.80 bits per heavy atom. The molecule has 10 atom stereocenters. The van der Waals surface area contributed by atoms with Crippen molar-refractivity contribution < 1.29 is 33.2 Å². The zero-order valence-electron chi connectivity index (χ0n) is 18.6. The average Bonchev–Trinajstić information content (AvgIpc) is 3.61. The lowest BCUT2D eigenvalue weighted by Gasteiger charge is -2.43. The standard InChI is InChI=1S/C23H38O7/c1-14-16(5-4-8-25-14)21-22(30-21)28-13-23(2,11-24-3)12-27-19-10-26-20(19)15-6-7-17-18(9-15)29-17/h14-22H,4-13H2,1-3H3. The summed E-state index contributed by atoms with van der Waals surface area (Å²) in [5, 5.41) is 0. The lowest BCUT2D eigenvalue weighted by molar-refractivity contribution is -0.224. The Labute approximate surface area is 180 Å². The van der Waals surface area contributed by atoms with Gasteiger partial charge >= 0.3 is 0 Å². The van der Waals surface area contributed by atoms with Crippen LogP contribution in [0.3, 0.4) is 0 Å². The summed E-state index contributed by atoms with van der Waals surface area (Å²) in [7, 11) is 1.74. The van der Waals surface area contributed by atoms with Gasteiger partial charge in [-0.05, 0) is 44.9 Å². The summed E-state index contributed by atoms with van der Waals surface area (Å²) < 4.78 is 41.2. The van der Waals surface area contributed by atoms with Crippen LogP contribution in [-0.4, -0.2) is 83.1 Å². The minimum absolute atomic E-state index is 0.121. The average molecular weight is 427 g/mol. The minimum atomic E-state index is -0.211. The van der Waals surface area contributed by atoms with Gasteiger partial charge in [0.2, 0.25) is 0 Å². The predicted molar refractivity (Wildman–Crippen MR) is 108 cm³/mol. The van der Waals surface area contributed by atoms with Crippen molar-refractivity contribution in [2.24, 2.45) is 17.3 Å². The van der Waals surface area contributed by atoms with Crippen molar-refractivity contribution in [3.8, 4) is 0 Å². The van der Waals surface area contributed by atoms with Gasteiger partial charge in [-0.1, -0.05) is 6.92 Å². The smallest absolute Gasteiger partial charge is 0.184 e. The van der Waals surface area contributed by atoms with Crippen LogP contribution in [0.25, 0.3) is 0 Å². The maximum Gasteiger partial charge on any atom is 0.184 e. The van der Waals surface area contributed by atoms with Crippen LogP contribution in [0.5, 0.6) is 0 Å². The number of fused-ring (bicyclic) bond motifs is 1. The highest BCUT2D eigenvalue weighted by Gasteiger charge is 2.51. The van der Waals surface area contributed by atoms with E-state index in [9.17, 15) is 0 Å². The van der Waals surface area contributed by atoms with Gasteiger partial charge < -0.3 is 33.2 Å². The Morgan fingerprint density at radius 3 is 2.53 bits per heavy atom. The zero-order valence-corrected chi connectivity index (χ0v) is 18.6. The van der Waals surface area contributed by atoms with Gasteiger partial charge in [0.25, 0.3) is 0 Å². The first-order valence-electron chi connectivity index (χ1n) is 11.8. The van der Waals surface area contributed by atoms with Crippen LogP contribution in [0.15, 0.2) is 0 Å². The highest BCUT2D eigenvalue weighted by molar-refractivity contribution is 4.98. The molecular weight excluding hydrogens is 388 g/mol. The van der Waals surface area contributed by atoms with E-state index in [0.29, 0.717) is 50.5 Å². The second-order valence-electron chi connectivity index (χ2n) is 10.3. The summed E-state index contributed by atoms with van der Waals surface area (Å²) in [6.07, 6.45) is 7.42. The molecule has 10 unspecified atom stereocenters. The molecule has 4 saturated heterocycles. The number of hydrogen-bond donors (Lipinski definition) is 0. The Hall–Kier alpha value is -0.280. The molecule has 7 nitrogen and oxygen atoms in total. The molecule has 0 spiro atoms. The first kappa shape index (κ1) is 21.6. The molecule has 1 saturated carbocycles. The lowest BCUT2D eigenvalue weighted by Crippen LogP contribution is -2.53. The molecule has 0 amide bonds. The van der Waals surface area contributed by atoms with Crippen LogP contribution in [0.1, 0.15) is 46.0 Å². The van der Waals surface area contributed by atoms with Crippen molar-refractivity contribution in [1.82, 2.24) is 0 Å². The van der Waals surface area contributed by atoms with E-state index in [1.165, 1.54) is 12.8 Å². The molecule has 5 fully saturated rings. The SMILES string of the molecule is COCC(C)(COC1COC1C1CCC2OC2C1)COC1OC1C1CCCOC1C. The molecule has 30 heavy (non-hydrogen) atoms. The molecule has 0 radical (unpaired) electrons. The monoisotopic (exact) mass is 426 g/mol. The van der Waals surface area contributed by atoms with Gasteiger partial charge in [-0.15, -0.1) is 0 Å². The zero-order chi connectivity index (χ0) is 20.7. The van der Waals surface area contributed by atoms with Crippen molar-refractivity contribution >= 4 is 0 Å². The number of methoxy groups -OCH3 is 1. The third-order valence-electron chi connectivity index (χ3n) is 7.63. The molecule has 0 bridgehead atoms. The quantitative estimate of drug-likeness (QED) is 0.497. The molecular formula is C23H38O7. The van der Waals surface area contributed by atoms with Gasteiger partial charge in [0.15, 0.2) is 6.29 Å². The van der Waals surface area contributed by atoms with Crippen molar-refractivity contribution in [3.05, 3.63) is 0 Å². The third kappa shape index (κ3) is 4.72. The summed E-state index contributed by atoms with van der Waals surface area (Å²) >= 11 is 0. The lowest BCUT2D eigenvalue weighted by atomic mass is 9.81. The molecule has 1 aliphatic carbocycles. The van der Waals surface area contributed by atoms with E-state index in [2.05, 4.69) is 13.8 Å². The Morgan fingerprint density at radius 1 is 0.933 bits per heavy atom. The first-order chi connectivity index (χ1) is 14.6. The van der Waals surface area contributed by atoms with Gasteiger partial charge in [-0.3, -0.25) is 0 Å². The van der Waals surface area contributed by atoms with Crippen LogP contribution in [-0.2, 0) is 33.2 Å². The molecule has 0 aromatic heterocycles. The van der Waals surface area contributed by atoms with E-state index >= 15 is 0 Å². The second kappa shape index (κ2) is 8.93. The highest BCUT2D eigenvalue weighted by atomic mass is 16.8. The number of hydrogen-bond acceptors (Lipinski definition) is 7. The van der Waals surface area contributed by atoms with E-state index in [0.717, 1.165) is 25.9 Å². The van der Waals surface area contributed by atoms with Gasteiger partial charge in [0, 0.05) is 25.0 Å².